The molecule has 0 radical (unpaired) electrons. The number of hydrogen-bond donors (Lipinski definition) is 1. The highest BCUT2D eigenvalue weighted by molar-refractivity contribution is 8.00. The molecule has 3 aromatic rings. The number of aromatic nitrogens is 4. The maximum absolute atomic E-state index is 12.6. The van der Waals surface area contributed by atoms with Crippen LogP contribution in [0.1, 0.15) is 12.5 Å². The lowest BCUT2D eigenvalue weighted by Crippen LogP contribution is -2.23. The zero-order valence-corrected chi connectivity index (χ0v) is 15.8. The monoisotopic (exact) mass is 407 g/mol. The van der Waals surface area contributed by atoms with Gasteiger partial charge in [-0.3, -0.25) is 9.78 Å². The van der Waals surface area contributed by atoms with E-state index >= 15 is 0 Å². The van der Waals surface area contributed by atoms with Gasteiger partial charge in [-0.1, -0.05) is 11.8 Å². The summed E-state index contributed by atoms with van der Waals surface area (Å²) in [6.45, 7) is 1.69. The molecule has 1 N–H and O–H groups in total. The van der Waals surface area contributed by atoms with Gasteiger partial charge in [0.15, 0.2) is 11.0 Å². The van der Waals surface area contributed by atoms with Gasteiger partial charge in [-0.25, -0.2) is 0 Å². The lowest BCUT2D eigenvalue weighted by Gasteiger charge is -2.12. The van der Waals surface area contributed by atoms with E-state index in [1.807, 2.05) is 0 Å². The van der Waals surface area contributed by atoms with Crippen molar-refractivity contribution < 1.29 is 18.0 Å². The molecule has 0 saturated heterocycles. The lowest BCUT2D eigenvalue weighted by molar-refractivity contribution is -0.137. The number of thioether (sulfide) groups is 1. The molecule has 6 nitrogen and oxygen atoms in total. The van der Waals surface area contributed by atoms with Crippen molar-refractivity contribution in [2.45, 2.75) is 23.5 Å². The van der Waals surface area contributed by atoms with Gasteiger partial charge in [0, 0.05) is 30.7 Å². The van der Waals surface area contributed by atoms with Crippen LogP contribution in [-0.2, 0) is 18.0 Å². The van der Waals surface area contributed by atoms with Crippen LogP contribution < -0.4 is 5.32 Å². The Morgan fingerprint density at radius 2 is 1.75 bits per heavy atom. The molecule has 10 heteroatoms. The molecule has 0 aliphatic heterocycles. The summed E-state index contributed by atoms with van der Waals surface area (Å²) >= 11 is 1.20. The van der Waals surface area contributed by atoms with Gasteiger partial charge in [0.1, 0.15) is 0 Å². The molecule has 0 bridgehead atoms. The topological polar surface area (TPSA) is 72.7 Å². The zero-order valence-electron chi connectivity index (χ0n) is 14.9. The first-order valence-electron chi connectivity index (χ1n) is 8.20. The molecule has 2 aromatic heterocycles. The summed E-state index contributed by atoms with van der Waals surface area (Å²) in [4.78, 5) is 16.3. The minimum Gasteiger partial charge on any atom is -0.325 e. The molecule has 1 atom stereocenters. The van der Waals surface area contributed by atoms with Crippen molar-refractivity contribution in [3.05, 3.63) is 54.4 Å². The molecule has 2 heterocycles. The van der Waals surface area contributed by atoms with Gasteiger partial charge >= 0.3 is 6.18 Å². The van der Waals surface area contributed by atoms with Crippen molar-refractivity contribution in [3.8, 4) is 11.4 Å². The molecule has 0 saturated carbocycles. The molecular weight excluding hydrogens is 391 g/mol. The zero-order chi connectivity index (χ0) is 20.3. The number of carbonyl (C=O) groups excluding carboxylic acids is 1. The summed E-state index contributed by atoms with van der Waals surface area (Å²) in [6, 6.07) is 7.91. The van der Waals surface area contributed by atoms with Gasteiger partial charge in [-0.05, 0) is 43.3 Å². The van der Waals surface area contributed by atoms with Crippen LogP contribution in [-0.4, -0.2) is 30.9 Å². The summed E-state index contributed by atoms with van der Waals surface area (Å²) in [5.74, 6) is 0.290. The van der Waals surface area contributed by atoms with Crippen molar-refractivity contribution in [2.75, 3.05) is 5.32 Å². The Hall–Kier alpha value is -2.88. The average molecular weight is 407 g/mol. The first kappa shape index (κ1) is 19.9. The van der Waals surface area contributed by atoms with E-state index in [4.69, 9.17) is 0 Å². The van der Waals surface area contributed by atoms with Crippen molar-refractivity contribution in [1.82, 2.24) is 19.7 Å². The summed E-state index contributed by atoms with van der Waals surface area (Å²) < 4.78 is 39.6. The number of nitrogens with zero attached hydrogens (tertiary/aromatic N) is 4. The standard InChI is InChI=1S/C18H16F3N5OS/c1-11(16(27)23-14-5-3-13(4-6-14)18(19,20)21)28-17-25-24-15(26(17)2)12-7-9-22-10-8-12/h3-11H,1-2H3,(H,23,27)/t11-/m0/s1. The highest BCUT2D eigenvalue weighted by Crippen LogP contribution is 2.30. The van der Waals surface area contributed by atoms with Crippen LogP contribution in [0.3, 0.4) is 0 Å². The number of amides is 1. The number of nitrogens with one attached hydrogen (secondary N) is 1. The molecule has 0 fully saturated rings. The molecular formula is C18H16F3N5OS. The number of rotatable bonds is 5. The van der Waals surface area contributed by atoms with E-state index in [-0.39, 0.29) is 5.91 Å². The normalized spacial score (nSPS) is 12.6. The third kappa shape index (κ3) is 4.50. The first-order valence-corrected chi connectivity index (χ1v) is 9.08. The van der Waals surface area contributed by atoms with Crippen LogP contribution in [0.15, 0.2) is 53.9 Å². The SMILES string of the molecule is C[C@H](Sc1nnc(-c2ccncc2)n1C)C(=O)Nc1ccc(C(F)(F)F)cc1. The second-order valence-corrected chi connectivity index (χ2v) is 7.23. The van der Waals surface area contributed by atoms with Gasteiger partial charge in [0.2, 0.25) is 5.91 Å². The Balaban J connectivity index is 1.66. The molecule has 1 aromatic carbocycles. The van der Waals surface area contributed by atoms with Gasteiger partial charge in [-0.15, -0.1) is 10.2 Å². The molecule has 0 spiro atoms. The van der Waals surface area contributed by atoms with E-state index in [1.165, 1.54) is 23.9 Å². The predicted octanol–water partition coefficient (Wildman–Crippen LogP) is 4.02. The van der Waals surface area contributed by atoms with Gasteiger partial charge in [0.25, 0.3) is 0 Å². The number of benzene rings is 1. The number of pyridine rings is 1. The highest BCUT2D eigenvalue weighted by atomic mass is 32.2. The Morgan fingerprint density at radius 1 is 1.11 bits per heavy atom. The Labute approximate surface area is 163 Å². The fourth-order valence-electron chi connectivity index (χ4n) is 2.37. The molecule has 3 rings (SSSR count). The number of carbonyl (C=O) groups is 1. The molecule has 0 aliphatic carbocycles. The van der Waals surface area contributed by atoms with Crippen LogP contribution in [0, 0.1) is 0 Å². The predicted molar refractivity (Wildman–Crippen MR) is 99.6 cm³/mol. The van der Waals surface area contributed by atoms with E-state index < -0.39 is 17.0 Å². The van der Waals surface area contributed by atoms with E-state index in [2.05, 4.69) is 20.5 Å². The van der Waals surface area contributed by atoms with Crippen molar-refractivity contribution in [3.63, 3.8) is 0 Å². The van der Waals surface area contributed by atoms with Gasteiger partial charge in [0.05, 0.1) is 10.8 Å². The summed E-state index contributed by atoms with van der Waals surface area (Å²) in [5, 5.41) is 10.9. The third-order valence-electron chi connectivity index (χ3n) is 3.90. The Bertz CT molecular complexity index is 958. The molecule has 1 amide bonds. The van der Waals surface area contributed by atoms with Gasteiger partial charge in [-0.2, -0.15) is 13.2 Å². The first-order chi connectivity index (χ1) is 13.3. The van der Waals surface area contributed by atoms with E-state index in [9.17, 15) is 18.0 Å². The smallest absolute Gasteiger partial charge is 0.325 e. The minimum atomic E-state index is -4.41. The van der Waals surface area contributed by atoms with Crippen molar-refractivity contribution in [1.29, 1.82) is 0 Å². The third-order valence-corrected chi connectivity index (χ3v) is 5.04. The van der Waals surface area contributed by atoms with Crippen molar-refractivity contribution in [2.24, 2.45) is 7.05 Å². The second-order valence-electron chi connectivity index (χ2n) is 5.93. The quantitative estimate of drug-likeness (QED) is 0.647. The fraction of sp³-hybridized carbons (Fsp3) is 0.222. The highest BCUT2D eigenvalue weighted by Gasteiger charge is 2.30. The summed E-state index contributed by atoms with van der Waals surface area (Å²) in [6.07, 6.45) is -1.11. The molecule has 146 valence electrons. The molecule has 0 aliphatic rings. The summed E-state index contributed by atoms with van der Waals surface area (Å²) in [5.41, 5.74) is 0.371. The molecule has 0 unspecified atom stereocenters. The van der Waals surface area contributed by atoms with E-state index in [1.54, 1.807) is 43.1 Å². The largest absolute Gasteiger partial charge is 0.416 e. The summed E-state index contributed by atoms with van der Waals surface area (Å²) in [7, 11) is 1.79. The van der Waals surface area contributed by atoms with Crippen LogP contribution in [0.4, 0.5) is 18.9 Å². The molecule has 28 heavy (non-hydrogen) atoms. The van der Waals surface area contributed by atoms with Crippen LogP contribution in [0.2, 0.25) is 0 Å². The number of alkyl halides is 3. The lowest BCUT2D eigenvalue weighted by atomic mass is 10.2. The number of halogens is 3. The second kappa shape index (κ2) is 8.01. The number of anilines is 1. The van der Waals surface area contributed by atoms with E-state index in [0.717, 1.165) is 17.7 Å². The van der Waals surface area contributed by atoms with E-state index in [0.29, 0.717) is 16.7 Å². The van der Waals surface area contributed by atoms with Crippen LogP contribution in [0.25, 0.3) is 11.4 Å². The maximum Gasteiger partial charge on any atom is 0.416 e. The van der Waals surface area contributed by atoms with Gasteiger partial charge < -0.3 is 9.88 Å². The Morgan fingerprint density at radius 3 is 2.36 bits per heavy atom. The number of hydrogen-bond acceptors (Lipinski definition) is 5. The minimum absolute atomic E-state index is 0.292. The van der Waals surface area contributed by atoms with Crippen LogP contribution >= 0.6 is 11.8 Å². The van der Waals surface area contributed by atoms with Crippen molar-refractivity contribution >= 4 is 23.4 Å². The van der Waals surface area contributed by atoms with Crippen LogP contribution in [0.5, 0.6) is 0 Å². The maximum atomic E-state index is 12.6. The average Bonchev–Trinajstić information content (AvgIpc) is 3.02. The fourth-order valence-corrected chi connectivity index (χ4v) is 3.18. The Kier molecular flexibility index (Phi) is 5.68.